The normalized spacial score (nSPS) is 11.9. The van der Waals surface area contributed by atoms with Crippen LogP contribution >= 0.6 is 11.6 Å². The van der Waals surface area contributed by atoms with Crippen LogP contribution in [0.3, 0.4) is 0 Å². The van der Waals surface area contributed by atoms with Crippen molar-refractivity contribution in [3.63, 3.8) is 0 Å². The summed E-state index contributed by atoms with van der Waals surface area (Å²) in [6.45, 7) is 3.23. The molecule has 142 valence electrons. The van der Waals surface area contributed by atoms with Crippen LogP contribution in [0.4, 0.5) is 22.0 Å². The van der Waals surface area contributed by atoms with Gasteiger partial charge in [0.2, 0.25) is 5.82 Å². The van der Waals surface area contributed by atoms with Gasteiger partial charge in [0.05, 0.1) is 16.8 Å². The van der Waals surface area contributed by atoms with Crippen LogP contribution < -0.4 is 16.0 Å². The molecule has 26 heavy (non-hydrogen) atoms. The lowest BCUT2D eigenvalue weighted by Crippen LogP contribution is -2.43. The number of rotatable bonds is 3. The lowest BCUT2D eigenvalue weighted by atomic mass is 10.2. The molecule has 0 aliphatic carbocycles. The molecule has 1 aromatic carbocycles. The van der Waals surface area contributed by atoms with Crippen molar-refractivity contribution < 1.29 is 26.7 Å². The van der Waals surface area contributed by atoms with Crippen molar-refractivity contribution in [2.45, 2.75) is 26.1 Å². The summed E-state index contributed by atoms with van der Waals surface area (Å²) in [7, 11) is 0.615. The van der Waals surface area contributed by atoms with Crippen molar-refractivity contribution in [1.29, 1.82) is 0 Å². The Kier molecular flexibility index (Phi) is 5.18. The molecule has 0 saturated carbocycles. The second-order valence-corrected chi connectivity index (χ2v) is 5.95. The maximum Gasteiger partial charge on any atom is 0.434 e. The molecule has 11 heteroatoms. The van der Waals surface area contributed by atoms with Crippen molar-refractivity contribution in [2.75, 3.05) is 0 Å². The van der Waals surface area contributed by atoms with Crippen molar-refractivity contribution in [3.8, 4) is 11.4 Å². The molecule has 0 fully saturated rings. The van der Waals surface area contributed by atoms with E-state index in [-0.39, 0.29) is 19.9 Å². The predicted octanol–water partition coefficient (Wildman–Crippen LogP) is 3.27. The van der Waals surface area contributed by atoms with Crippen molar-refractivity contribution in [1.82, 2.24) is 9.13 Å². The highest BCUT2D eigenvalue weighted by atomic mass is 35.5. The van der Waals surface area contributed by atoms with Crippen LogP contribution in [-0.4, -0.2) is 15.2 Å². The summed E-state index contributed by atoms with van der Waals surface area (Å²) in [6.07, 6.45) is -5.71. The van der Waals surface area contributed by atoms with Gasteiger partial charge in [-0.1, -0.05) is 11.6 Å². The molecular formula is C15H12ClF5N2O3. The van der Waals surface area contributed by atoms with Crippen LogP contribution in [0.25, 0.3) is 5.69 Å². The minimum atomic E-state index is -5.29. The van der Waals surface area contributed by atoms with Gasteiger partial charge in [0, 0.05) is 13.1 Å². The zero-order chi connectivity index (χ0) is 20.0. The highest BCUT2D eigenvalue weighted by Crippen LogP contribution is 2.31. The molecule has 0 aliphatic rings. The van der Waals surface area contributed by atoms with Crippen LogP contribution in [-0.2, 0) is 13.2 Å². The fourth-order valence-corrected chi connectivity index (χ4v) is 2.44. The van der Waals surface area contributed by atoms with E-state index >= 15 is 0 Å². The van der Waals surface area contributed by atoms with Gasteiger partial charge in [-0.3, -0.25) is 9.36 Å². The van der Waals surface area contributed by atoms with E-state index in [1.807, 2.05) is 0 Å². The largest absolute Gasteiger partial charge is 0.489 e. The number of halogens is 6. The fraction of sp³-hybridized carbons (Fsp3) is 0.333. The number of hydrogen-bond acceptors (Lipinski definition) is 3. The first kappa shape index (κ1) is 20.0. The summed E-state index contributed by atoms with van der Waals surface area (Å²) >= 11 is 5.80. The van der Waals surface area contributed by atoms with Crippen molar-refractivity contribution in [2.24, 2.45) is 7.05 Å². The van der Waals surface area contributed by atoms with Gasteiger partial charge >= 0.3 is 11.9 Å². The van der Waals surface area contributed by atoms with Gasteiger partial charge in [-0.2, -0.15) is 17.6 Å². The fourth-order valence-electron chi connectivity index (χ4n) is 2.24. The lowest BCUT2D eigenvalue weighted by Gasteiger charge is -2.17. The van der Waals surface area contributed by atoms with E-state index in [0.717, 1.165) is 6.07 Å². The van der Waals surface area contributed by atoms with Crippen LogP contribution in [0.2, 0.25) is 5.02 Å². The van der Waals surface area contributed by atoms with Crippen molar-refractivity contribution in [3.05, 3.63) is 55.3 Å². The van der Waals surface area contributed by atoms with E-state index in [0.29, 0.717) is 13.1 Å². The minimum absolute atomic E-state index is 0.0522. The lowest BCUT2D eigenvalue weighted by molar-refractivity contribution is -0.146. The van der Waals surface area contributed by atoms with Gasteiger partial charge in [0.15, 0.2) is 5.69 Å². The van der Waals surface area contributed by atoms with Gasteiger partial charge in [0.25, 0.3) is 5.56 Å². The molecule has 0 radical (unpaired) electrons. The molecule has 0 aliphatic heterocycles. The van der Waals surface area contributed by atoms with Gasteiger partial charge in [-0.25, -0.2) is 13.8 Å². The molecule has 1 aromatic heterocycles. The molecule has 1 heterocycles. The van der Waals surface area contributed by atoms with Gasteiger partial charge < -0.3 is 4.74 Å². The molecule has 0 N–H and O–H groups in total. The van der Waals surface area contributed by atoms with E-state index in [4.69, 9.17) is 16.3 Å². The Hall–Kier alpha value is -2.36. The quantitative estimate of drug-likeness (QED) is 0.746. The zero-order valence-electron chi connectivity index (χ0n) is 13.6. The second kappa shape index (κ2) is 6.75. The topological polar surface area (TPSA) is 53.2 Å². The van der Waals surface area contributed by atoms with Crippen LogP contribution in [0.5, 0.6) is 5.75 Å². The number of ether oxygens (including phenoxy) is 1. The van der Waals surface area contributed by atoms with E-state index in [9.17, 15) is 31.5 Å². The molecule has 0 unspecified atom stereocenters. The maximum atomic E-state index is 14.2. The number of hydrogen-bond donors (Lipinski definition) is 0. The van der Waals surface area contributed by atoms with Crippen molar-refractivity contribution >= 4 is 11.6 Å². The Balaban J connectivity index is 2.87. The predicted molar refractivity (Wildman–Crippen MR) is 83.0 cm³/mol. The van der Waals surface area contributed by atoms with Gasteiger partial charge in [0.1, 0.15) is 11.6 Å². The Morgan fingerprint density at radius 2 is 1.73 bits per heavy atom. The number of alkyl halides is 3. The number of aromatic nitrogens is 2. The SMILES string of the molecule is CC(C)Oc1cc(-n2c(=O)c(F)c(C(F)(F)F)n(C)c2=O)c(F)cc1Cl. The zero-order valence-corrected chi connectivity index (χ0v) is 14.4. The van der Waals surface area contributed by atoms with E-state index in [1.54, 1.807) is 13.8 Å². The van der Waals surface area contributed by atoms with Crippen LogP contribution in [0.1, 0.15) is 19.5 Å². The highest BCUT2D eigenvalue weighted by Gasteiger charge is 2.40. The Morgan fingerprint density at radius 1 is 1.15 bits per heavy atom. The third kappa shape index (κ3) is 3.46. The standard InChI is InChI=1S/C15H12ClF5N2O3/c1-6(2)26-10-5-9(8(17)4-7(10)16)23-13(24)11(18)12(15(19,20)21)22(3)14(23)25/h4-6H,1-3H3. The molecule has 2 rings (SSSR count). The van der Waals surface area contributed by atoms with Gasteiger partial charge in [-0.15, -0.1) is 0 Å². The van der Waals surface area contributed by atoms with Gasteiger partial charge in [-0.05, 0) is 19.9 Å². The number of benzene rings is 1. The molecular weight excluding hydrogens is 387 g/mol. The van der Waals surface area contributed by atoms with E-state index in [1.165, 1.54) is 0 Å². The summed E-state index contributed by atoms with van der Waals surface area (Å²) in [5.74, 6) is -3.59. The Labute approximate surface area is 148 Å². The third-order valence-corrected chi connectivity index (χ3v) is 3.58. The monoisotopic (exact) mass is 398 g/mol. The second-order valence-electron chi connectivity index (χ2n) is 5.54. The third-order valence-electron chi connectivity index (χ3n) is 3.29. The molecule has 2 aromatic rings. The summed E-state index contributed by atoms with van der Waals surface area (Å²) in [5.41, 5.74) is -6.38. The van der Waals surface area contributed by atoms with Crippen LogP contribution in [0, 0.1) is 11.6 Å². The highest BCUT2D eigenvalue weighted by molar-refractivity contribution is 6.32. The molecule has 0 amide bonds. The molecule has 5 nitrogen and oxygen atoms in total. The Morgan fingerprint density at radius 3 is 2.23 bits per heavy atom. The molecule has 0 atom stereocenters. The molecule has 0 spiro atoms. The first-order chi connectivity index (χ1) is 11.9. The Bertz CT molecular complexity index is 942. The minimum Gasteiger partial charge on any atom is -0.489 e. The summed E-state index contributed by atoms with van der Waals surface area (Å²) < 4.78 is 72.0. The maximum absolute atomic E-state index is 14.2. The van der Waals surface area contributed by atoms with E-state index < -0.39 is 46.5 Å². The summed E-state index contributed by atoms with van der Waals surface area (Å²) in [4.78, 5) is 24.2. The first-order valence-corrected chi connectivity index (χ1v) is 7.48. The molecule has 0 bridgehead atoms. The molecule has 0 saturated heterocycles. The van der Waals surface area contributed by atoms with E-state index in [2.05, 4.69) is 0 Å². The summed E-state index contributed by atoms with van der Waals surface area (Å²) in [6, 6.07) is 1.54. The number of nitrogens with zero attached hydrogens (tertiary/aromatic N) is 2. The van der Waals surface area contributed by atoms with Crippen LogP contribution in [0.15, 0.2) is 21.7 Å². The average molecular weight is 399 g/mol. The summed E-state index contributed by atoms with van der Waals surface area (Å²) in [5, 5.41) is -0.197. The smallest absolute Gasteiger partial charge is 0.434 e. The average Bonchev–Trinajstić information content (AvgIpc) is 2.48. The first-order valence-electron chi connectivity index (χ1n) is 7.11.